The standard InChI is InChI=1S/C21H22N2O4.C11H16FN/c22-21(25)15-3-1-14(2-4-15)18-11-17(13-23(18)7-8-24)16-5-6-19-20(12-16)27-10-9-26-19;1-4-8-6-10(12)7-9(5-2)11(8)13-3/h1-6,8,12,17-18H,7,9-11,13H2,(H2,22,25);6-7,13H,4-5H2,1-3H3/t17-,18-;/m1./s1. The van der Waals surface area contributed by atoms with Crippen molar-refractivity contribution < 1.29 is 23.5 Å². The minimum absolute atomic E-state index is 0.121. The van der Waals surface area contributed by atoms with Gasteiger partial charge in [-0.1, -0.05) is 32.0 Å². The Labute approximate surface area is 235 Å². The second-order valence-electron chi connectivity index (χ2n) is 10.0. The number of amides is 1. The van der Waals surface area contributed by atoms with Crippen molar-refractivity contribution in [3.63, 3.8) is 0 Å². The summed E-state index contributed by atoms with van der Waals surface area (Å²) in [5, 5.41) is 3.13. The number of aryl methyl sites for hydroxylation is 2. The number of hydrogen-bond acceptors (Lipinski definition) is 6. The summed E-state index contributed by atoms with van der Waals surface area (Å²) in [6.45, 7) is 6.38. The zero-order valence-corrected chi connectivity index (χ0v) is 23.4. The smallest absolute Gasteiger partial charge is 0.248 e. The Morgan fingerprint density at radius 1 is 1.00 bits per heavy atom. The Morgan fingerprint density at radius 3 is 2.20 bits per heavy atom. The highest BCUT2D eigenvalue weighted by molar-refractivity contribution is 5.92. The van der Waals surface area contributed by atoms with Crippen molar-refractivity contribution in [2.24, 2.45) is 5.73 Å². The average molecular weight is 548 g/mol. The number of carbonyl (C=O) groups is 2. The number of ether oxygens (including phenoxy) is 2. The van der Waals surface area contributed by atoms with E-state index in [1.807, 2.05) is 39.1 Å². The quantitative estimate of drug-likeness (QED) is 0.373. The number of anilines is 1. The van der Waals surface area contributed by atoms with Crippen LogP contribution in [-0.2, 0) is 17.6 Å². The molecule has 8 heteroatoms. The molecule has 3 aromatic carbocycles. The lowest BCUT2D eigenvalue weighted by molar-refractivity contribution is -0.109. The van der Waals surface area contributed by atoms with E-state index in [0.717, 1.165) is 66.0 Å². The third-order valence-corrected chi connectivity index (χ3v) is 7.61. The number of benzene rings is 3. The van der Waals surface area contributed by atoms with Crippen LogP contribution in [0.4, 0.5) is 10.1 Å². The number of aldehydes is 1. The van der Waals surface area contributed by atoms with Crippen LogP contribution in [0, 0.1) is 5.82 Å². The molecule has 40 heavy (non-hydrogen) atoms. The van der Waals surface area contributed by atoms with Gasteiger partial charge in [0.25, 0.3) is 0 Å². The van der Waals surface area contributed by atoms with Crippen molar-refractivity contribution in [1.29, 1.82) is 0 Å². The summed E-state index contributed by atoms with van der Waals surface area (Å²) in [7, 11) is 1.88. The molecule has 0 unspecified atom stereocenters. The SMILES string of the molecule is CCc1cc(F)cc(CC)c1NC.NC(=O)c1ccc([C@H]2C[C@@H](c3ccc4c(c3)OCCO4)CN2CC=O)cc1. The van der Waals surface area contributed by atoms with Crippen LogP contribution < -0.4 is 20.5 Å². The molecule has 3 N–H and O–H groups in total. The van der Waals surface area contributed by atoms with Crippen molar-refractivity contribution >= 4 is 17.9 Å². The molecule has 2 atom stereocenters. The summed E-state index contributed by atoms with van der Waals surface area (Å²) in [6, 6.07) is 16.8. The van der Waals surface area contributed by atoms with Gasteiger partial charge in [-0.15, -0.1) is 0 Å². The van der Waals surface area contributed by atoms with Crippen molar-refractivity contribution in [2.45, 2.75) is 45.1 Å². The number of rotatable bonds is 8. The molecule has 1 fully saturated rings. The summed E-state index contributed by atoms with van der Waals surface area (Å²) < 4.78 is 24.4. The highest BCUT2D eigenvalue weighted by atomic mass is 19.1. The number of hydrogen-bond donors (Lipinski definition) is 2. The highest BCUT2D eigenvalue weighted by Gasteiger charge is 2.34. The summed E-state index contributed by atoms with van der Waals surface area (Å²) in [6.07, 6.45) is 3.56. The van der Waals surface area contributed by atoms with Gasteiger partial charge in [0, 0.05) is 30.9 Å². The first-order valence-corrected chi connectivity index (χ1v) is 13.8. The van der Waals surface area contributed by atoms with Crippen LogP contribution >= 0.6 is 0 Å². The van der Waals surface area contributed by atoms with Crippen LogP contribution in [0.2, 0.25) is 0 Å². The molecule has 1 saturated heterocycles. The molecule has 5 rings (SSSR count). The average Bonchev–Trinajstić information content (AvgIpc) is 3.40. The van der Waals surface area contributed by atoms with Gasteiger partial charge < -0.3 is 25.3 Å². The van der Waals surface area contributed by atoms with Gasteiger partial charge >= 0.3 is 0 Å². The van der Waals surface area contributed by atoms with Crippen molar-refractivity contribution in [1.82, 2.24) is 4.90 Å². The first kappa shape index (κ1) is 29.1. The van der Waals surface area contributed by atoms with Gasteiger partial charge in [-0.25, -0.2) is 4.39 Å². The minimum atomic E-state index is -0.438. The van der Waals surface area contributed by atoms with E-state index in [2.05, 4.69) is 22.3 Å². The molecule has 3 aromatic rings. The summed E-state index contributed by atoms with van der Waals surface area (Å²) in [4.78, 5) is 24.6. The molecular formula is C32H38FN3O4. The topological polar surface area (TPSA) is 93.9 Å². The van der Waals surface area contributed by atoms with Gasteiger partial charge in [0.1, 0.15) is 25.3 Å². The van der Waals surface area contributed by atoms with Gasteiger partial charge in [0.15, 0.2) is 11.5 Å². The molecule has 0 radical (unpaired) electrons. The van der Waals surface area contributed by atoms with E-state index in [4.69, 9.17) is 15.2 Å². The Hall–Kier alpha value is -3.91. The first-order chi connectivity index (χ1) is 19.4. The number of likely N-dealkylation sites (tertiary alicyclic amines) is 1. The predicted molar refractivity (Wildman–Crippen MR) is 155 cm³/mol. The first-order valence-electron chi connectivity index (χ1n) is 13.8. The lowest BCUT2D eigenvalue weighted by atomic mass is 9.93. The fourth-order valence-electron chi connectivity index (χ4n) is 5.58. The molecular weight excluding hydrogens is 509 g/mol. The monoisotopic (exact) mass is 547 g/mol. The third-order valence-electron chi connectivity index (χ3n) is 7.61. The maximum atomic E-state index is 13.1. The van der Waals surface area contributed by atoms with Crippen molar-refractivity contribution in [2.75, 3.05) is 38.7 Å². The normalized spacial score (nSPS) is 18.0. The molecule has 0 bridgehead atoms. The Morgan fingerprint density at radius 2 is 1.62 bits per heavy atom. The Bertz CT molecular complexity index is 1300. The van der Waals surface area contributed by atoms with E-state index in [1.165, 1.54) is 5.56 Å². The van der Waals surface area contributed by atoms with Crippen LogP contribution in [-0.4, -0.2) is 50.4 Å². The number of halogens is 1. The Balaban J connectivity index is 0.000000240. The largest absolute Gasteiger partial charge is 0.486 e. The van der Waals surface area contributed by atoms with Gasteiger partial charge in [-0.2, -0.15) is 0 Å². The molecule has 0 spiro atoms. The number of nitrogens with two attached hydrogens (primary N) is 1. The summed E-state index contributed by atoms with van der Waals surface area (Å²) in [5.41, 5.74) is 11.3. The van der Waals surface area contributed by atoms with E-state index >= 15 is 0 Å². The maximum Gasteiger partial charge on any atom is 0.248 e. The van der Waals surface area contributed by atoms with Crippen LogP contribution in [0.1, 0.15) is 64.8 Å². The van der Waals surface area contributed by atoms with Gasteiger partial charge in [0.05, 0.1) is 6.54 Å². The number of fused-ring (bicyclic) bond motifs is 1. The zero-order chi connectivity index (χ0) is 28.6. The number of primary amides is 1. The van der Waals surface area contributed by atoms with Crippen LogP contribution in [0.25, 0.3) is 0 Å². The molecule has 212 valence electrons. The second-order valence-corrected chi connectivity index (χ2v) is 10.0. The fourth-order valence-corrected chi connectivity index (χ4v) is 5.58. The highest BCUT2D eigenvalue weighted by Crippen LogP contribution is 2.42. The summed E-state index contributed by atoms with van der Waals surface area (Å²) >= 11 is 0. The molecule has 1 amide bonds. The van der Waals surface area contributed by atoms with Crippen molar-refractivity contribution in [3.8, 4) is 11.5 Å². The summed E-state index contributed by atoms with van der Waals surface area (Å²) in [5.74, 6) is 1.29. The van der Waals surface area contributed by atoms with Crippen LogP contribution in [0.5, 0.6) is 11.5 Å². The number of carbonyl (C=O) groups excluding carboxylic acids is 2. The minimum Gasteiger partial charge on any atom is -0.486 e. The van der Waals surface area contributed by atoms with E-state index in [9.17, 15) is 14.0 Å². The Kier molecular flexibility index (Phi) is 9.77. The zero-order valence-electron chi connectivity index (χ0n) is 23.4. The second kappa shape index (κ2) is 13.4. The molecule has 0 aliphatic carbocycles. The lowest BCUT2D eigenvalue weighted by Crippen LogP contribution is -2.25. The van der Waals surface area contributed by atoms with Gasteiger partial charge in [0.2, 0.25) is 5.91 Å². The molecule has 7 nitrogen and oxygen atoms in total. The van der Waals surface area contributed by atoms with E-state index in [0.29, 0.717) is 31.2 Å². The fraction of sp³-hybridized carbons (Fsp3) is 0.375. The molecule has 2 heterocycles. The molecule has 0 aromatic heterocycles. The van der Waals surface area contributed by atoms with E-state index in [-0.39, 0.29) is 11.9 Å². The number of nitrogens with zero attached hydrogens (tertiary/aromatic N) is 1. The van der Waals surface area contributed by atoms with Crippen LogP contribution in [0.3, 0.4) is 0 Å². The van der Waals surface area contributed by atoms with E-state index < -0.39 is 5.91 Å². The van der Waals surface area contributed by atoms with E-state index in [1.54, 1.807) is 24.3 Å². The molecule has 0 saturated carbocycles. The van der Waals surface area contributed by atoms with Gasteiger partial charge in [-0.05, 0) is 83.8 Å². The molecule has 2 aliphatic heterocycles. The predicted octanol–water partition coefficient (Wildman–Crippen LogP) is 5.28. The third kappa shape index (κ3) is 6.62. The maximum absolute atomic E-state index is 13.1. The van der Waals surface area contributed by atoms with Crippen LogP contribution in [0.15, 0.2) is 54.6 Å². The lowest BCUT2D eigenvalue weighted by Gasteiger charge is -2.22. The number of nitrogens with one attached hydrogen (secondary N) is 1. The molecule has 2 aliphatic rings. The van der Waals surface area contributed by atoms with Crippen molar-refractivity contribution in [3.05, 3.63) is 88.2 Å². The van der Waals surface area contributed by atoms with Gasteiger partial charge in [-0.3, -0.25) is 9.69 Å².